The number of thioether (sulfide) groups is 1. The van der Waals surface area contributed by atoms with Crippen LogP contribution in [0.1, 0.15) is 12.8 Å². The lowest BCUT2D eigenvalue weighted by molar-refractivity contribution is 0.664. The zero-order valence-electron chi connectivity index (χ0n) is 8.50. The van der Waals surface area contributed by atoms with Crippen LogP contribution in [-0.2, 0) is 0 Å². The van der Waals surface area contributed by atoms with E-state index in [1.807, 2.05) is 11.8 Å². The molecule has 3 N–H and O–H groups in total. The lowest BCUT2D eigenvalue weighted by Gasteiger charge is -2.26. The van der Waals surface area contributed by atoms with Crippen LogP contribution in [0.15, 0.2) is 27.6 Å². The van der Waals surface area contributed by atoms with Crippen molar-refractivity contribution in [1.29, 1.82) is 0 Å². The molecule has 1 atom stereocenters. The number of nitrogens with one attached hydrogen (secondary N) is 1. The van der Waals surface area contributed by atoms with Gasteiger partial charge in [0.25, 0.3) is 0 Å². The molecule has 0 spiro atoms. The topological polar surface area (TPSA) is 38.0 Å². The molecule has 1 aromatic carbocycles. The van der Waals surface area contributed by atoms with Crippen molar-refractivity contribution in [3.8, 4) is 0 Å². The Hall–Kier alpha value is -0.190. The Morgan fingerprint density at radius 1 is 1.53 bits per heavy atom. The highest BCUT2D eigenvalue weighted by atomic mass is 79.9. The number of fused-ring (bicyclic) bond motifs is 1. The Bertz CT molecular complexity index is 343. The molecule has 2 rings (SSSR count). The standard InChI is InChI=1S/C11H15BrN2S/c12-8-3-4-11-10(6-8)14-9(7-15-11)2-1-5-13/h3-4,6,9,14H,1-2,5,7,13H2. The van der Waals surface area contributed by atoms with Gasteiger partial charge in [-0.25, -0.2) is 0 Å². The first-order valence-corrected chi connectivity index (χ1v) is 6.96. The van der Waals surface area contributed by atoms with E-state index in [0.717, 1.165) is 29.6 Å². The van der Waals surface area contributed by atoms with Crippen LogP contribution in [0.25, 0.3) is 0 Å². The van der Waals surface area contributed by atoms with Crippen LogP contribution in [0, 0.1) is 0 Å². The van der Waals surface area contributed by atoms with E-state index in [2.05, 4.69) is 39.4 Å². The predicted molar refractivity (Wildman–Crippen MR) is 70.6 cm³/mol. The van der Waals surface area contributed by atoms with E-state index in [1.165, 1.54) is 10.6 Å². The number of hydrogen-bond donors (Lipinski definition) is 2. The second-order valence-electron chi connectivity index (χ2n) is 3.72. The van der Waals surface area contributed by atoms with E-state index in [0.29, 0.717) is 6.04 Å². The van der Waals surface area contributed by atoms with Crippen LogP contribution in [0.4, 0.5) is 5.69 Å². The number of halogens is 1. The van der Waals surface area contributed by atoms with Crippen molar-refractivity contribution in [3.63, 3.8) is 0 Å². The van der Waals surface area contributed by atoms with Crippen LogP contribution < -0.4 is 11.1 Å². The van der Waals surface area contributed by atoms with E-state index in [1.54, 1.807) is 0 Å². The highest BCUT2D eigenvalue weighted by Crippen LogP contribution is 2.35. The molecule has 0 saturated heterocycles. The molecule has 0 saturated carbocycles. The zero-order valence-corrected chi connectivity index (χ0v) is 10.9. The summed E-state index contributed by atoms with van der Waals surface area (Å²) < 4.78 is 1.13. The molecule has 1 unspecified atom stereocenters. The molecule has 1 heterocycles. The summed E-state index contributed by atoms with van der Waals surface area (Å²) in [6.45, 7) is 0.786. The molecule has 15 heavy (non-hydrogen) atoms. The monoisotopic (exact) mass is 286 g/mol. The molecule has 0 radical (unpaired) electrons. The number of nitrogens with two attached hydrogens (primary N) is 1. The fourth-order valence-electron chi connectivity index (χ4n) is 1.71. The summed E-state index contributed by atoms with van der Waals surface area (Å²) in [5.74, 6) is 1.15. The second kappa shape index (κ2) is 5.23. The summed E-state index contributed by atoms with van der Waals surface area (Å²) in [7, 11) is 0. The van der Waals surface area contributed by atoms with Gasteiger partial charge in [0, 0.05) is 26.9 Å². The molecule has 2 nitrogen and oxygen atoms in total. The van der Waals surface area contributed by atoms with Gasteiger partial charge in [0.05, 0.1) is 0 Å². The largest absolute Gasteiger partial charge is 0.381 e. The molecule has 82 valence electrons. The SMILES string of the molecule is NCCCC1CSc2ccc(Br)cc2N1. The van der Waals surface area contributed by atoms with Crippen molar-refractivity contribution in [1.82, 2.24) is 0 Å². The second-order valence-corrected chi connectivity index (χ2v) is 5.70. The van der Waals surface area contributed by atoms with Gasteiger partial charge >= 0.3 is 0 Å². The normalized spacial score (nSPS) is 19.5. The molecule has 4 heteroatoms. The molecule has 0 bridgehead atoms. The summed E-state index contributed by atoms with van der Waals surface area (Å²) in [5.41, 5.74) is 6.77. The van der Waals surface area contributed by atoms with E-state index in [9.17, 15) is 0 Å². The van der Waals surface area contributed by atoms with Crippen molar-refractivity contribution >= 4 is 33.4 Å². The van der Waals surface area contributed by atoms with Crippen LogP contribution >= 0.6 is 27.7 Å². The van der Waals surface area contributed by atoms with Gasteiger partial charge in [-0.3, -0.25) is 0 Å². The number of benzene rings is 1. The minimum Gasteiger partial charge on any atom is -0.381 e. The van der Waals surface area contributed by atoms with E-state index < -0.39 is 0 Å². The third-order valence-corrected chi connectivity index (χ3v) is 4.23. The number of anilines is 1. The molecule has 0 fully saturated rings. The third kappa shape index (κ3) is 2.89. The summed E-state index contributed by atoms with van der Waals surface area (Å²) in [6.07, 6.45) is 2.26. The first-order chi connectivity index (χ1) is 7.29. The molecule has 0 aromatic heterocycles. The Kier molecular flexibility index (Phi) is 3.94. The Morgan fingerprint density at radius 2 is 2.40 bits per heavy atom. The van der Waals surface area contributed by atoms with E-state index >= 15 is 0 Å². The van der Waals surface area contributed by atoms with Crippen molar-refractivity contribution in [3.05, 3.63) is 22.7 Å². The van der Waals surface area contributed by atoms with Gasteiger partial charge in [0.2, 0.25) is 0 Å². The molecule has 1 aliphatic heterocycles. The van der Waals surface area contributed by atoms with Gasteiger partial charge in [0.1, 0.15) is 0 Å². The van der Waals surface area contributed by atoms with Gasteiger partial charge in [-0.05, 0) is 37.6 Å². The fraction of sp³-hybridized carbons (Fsp3) is 0.455. The number of rotatable bonds is 3. The zero-order chi connectivity index (χ0) is 10.7. The highest BCUT2D eigenvalue weighted by Gasteiger charge is 2.17. The molecular formula is C11H15BrN2S. The van der Waals surface area contributed by atoms with Crippen LogP contribution in [0.2, 0.25) is 0 Å². The summed E-state index contributed by atoms with van der Waals surface area (Å²) in [5, 5.41) is 3.57. The molecule has 0 aliphatic carbocycles. The third-order valence-electron chi connectivity index (χ3n) is 2.50. The molecule has 1 aliphatic rings. The lowest BCUT2D eigenvalue weighted by atomic mass is 10.1. The average Bonchev–Trinajstić information content (AvgIpc) is 2.25. The average molecular weight is 287 g/mol. The maximum atomic E-state index is 5.52. The lowest BCUT2D eigenvalue weighted by Crippen LogP contribution is -2.26. The number of hydrogen-bond acceptors (Lipinski definition) is 3. The molecule has 1 aromatic rings. The van der Waals surface area contributed by atoms with Gasteiger partial charge in [0.15, 0.2) is 0 Å². The fourth-order valence-corrected chi connectivity index (χ4v) is 3.14. The Labute approximate surface area is 103 Å². The minimum atomic E-state index is 0.570. The smallest absolute Gasteiger partial charge is 0.0492 e. The molecular weight excluding hydrogens is 272 g/mol. The van der Waals surface area contributed by atoms with Gasteiger partial charge < -0.3 is 11.1 Å². The quantitative estimate of drug-likeness (QED) is 0.897. The van der Waals surface area contributed by atoms with Gasteiger partial charge in [-0.15, -0.1) is 11.8 Å². The maximum Gasteiger partial charge on any atom is 0.0492 e. The Balaban J connectivity index is 2.05. The van der Waals surface area contributed by atoms with E-state index in [4.69, 9.17) is 5.73 Å². The minimum absolute atomic E-state index is 0.570. The predicted octanol–water partition coefficient (Wildman–Crippen LogP) is 3.07. The summed E-state index contributed by atoms with van der Waals surface area (Å²) >= 11 is 5.43. The first-order valence-electron chi connectivity index (χ1n) is 5.18. The summed E-state index contributed by atoms with van der Waals surface area (Å²) in [4.78, 5) is 1.35. The van der Waals surface area contributed by atoms with Crippen molar-refractivity contribution in [2.24, 2.45) is 5.73 Å². The first kappa shape index (κ1) is 11.3. The highest BCUT2D eigenvalue weighted by molar-refractivity contribution is 9.10. The van der Waals surface area contributed by atoms with Crippen molar-refractivity contribution < 1.29 is 0 Å². The van der Waals surface area contributed by atoms with Gasteiger partial charge in [-0.1, -0.05) is 15.9 Å². The van der Waals surface area contributed by atoms with Gasteiger partial charge in [-0.2, -0.15) is 0 Å². The van der Waals surface area contributed by atoms with Crippen LogP contribution in [0.3, 0.4) is 0 Å². The van der Waals surface area contributed by atoms with Crippen molar-refractivity contribution in [2.75, 3.05) is 17.6 Å². The van der Waals surface area contributed by atoms with Crippen molar-refractivity contribution in [2.45, 2.75) is 23.8 Å². The maximum absolute atomic E-state index is 5.52. The van der Waals surface area contributed by atoms with Crippen LogP contribution in [-0.4, -0.2) is 18.3 Å². The molecule has 0 amide bonds. The van der Waals surface area contributed by atoms with E-state index in [-0.39, 0.29) is 0 Å². The van der Waals surface area contributed by atoms with Crippen LogP contribution in [0.5, 0.6) is 0 Å². The Morgan fingerprint density at radius 3 is 3.20 bits per heavy atom. The summed E-state index contributed by atoms with van der Waals surface area (Å²) in [6, 6.07) is 6.97.